The van der Waals surface area contributed by atoms with Crippen LogP contribution in [0, 0.1) is 5.92 Å². The highest BCUT2D eigenvalue weighted by atomic mass is 35.5. The zero-order valence-corrected chi connectivity index (χ0v) is 11.4. The van der Waals surface area contributed by atoms with Gasteiger partial charge in [0.2, 0.25) is 0 Å². The van der Waals surface area contributed by atoms with Crippen molar-refractivity contribution in [1.29, 1.82) is 0 Å². The summed E-state index contributed by atoms with van der Waals surface area (Å²) in [5.41, 5.74) is 0. The number of halogens is 4. The monoisotopic (exact) mass is 301 g/mol. The highest BCUT2D eigenvalue weighted by Crippen LogP contribution is 2.65. The second-order valence-electron chi connectivity index (χ2n) is 3.97. The average molecular weight is 303 g/mol. The van der Waals surface area contributed by atoms with E-state index >= 15 is 0 Å². The summed E-state index contributed by atoms with van der Waals surface area (Å²) < 4.78 is 0. The van der Waals surface area contributed by atoms with Crippen LogP contribution in [-0.2, 0) is 0 Å². The molecule has 0 aromatic carbocycles. The van der Waals surface area contributed by atoms with Gasteiger partial charge in [0.25, 0.3) is 0 Å². The molecule has 15 heavy (non-hydrogen) atoms. The number of thiocarbonyl (C=S) groups is 1. The molecule has 0 saturated heterocycles. The first-order valence-electron chi connectivity index (χ1n) is 4.42. The van der Waals surface area contributed by atoms with Crippen LogP contribution in [0.25, 0.3) is 0 Å². The van der Waals surface area contributed by atoms with Crippen molar-refractivity contribution in [3.8, 4) is 0 Å². The number of nitrogens with zero attached hydrogens (tertiary/aromatic N) is 1. The van der Waals surface area contributed by atoms with Crippen molar-refractivity contribution in [3.63, 3.8) is 0 Å². The quantitative estimate of drug-likeness (QED) is 0.424. The van der Waals surface area contributed by atoms with E-state index in [2.05, 4.69) is 22.4 Å². The van der Waals surface area contributed by atoms with E-state index in [4.69, 9.17) is 46.4 Å². The summed E-state index contributed by atoms with van der Waals surface area (Å²) in [6, 6.07) is 0. The maximum atomic E-state index is 6.45. The smallest absolute Gasteiger partial charge is 0.0880 e. The number of alkyl halides is 2. The van der Waals surface area contributed by atoms with E-state index < -0.39 is 9.75 Å². The topological polar surface area (TPSA) is 12.4 Å². The van der Waals surface area contributed by atoms with Crippen molar-refractivity contribution in [2.24, 2.45) is 10.9 Å². The Bertz CT molecular complexity index is 390. The van der Waals surface area contributed by atoms with E-state index in [1.54, 1.807) is 0 Å². The molecule has 1 fully saturated rings. The molecule has 2 rings (SSSR count). The van der Waals surface area contributed by atoms with Crippen molar-refractivity contribution in [1.82, 2.24) is 0 Å². The molecule has 0 amide bonds. The Hall–Kier alpha value is 0.700. The Morgan fingerprint density at radius 3 is 2.53 bits per heavy atom. The molecule has 0 radical (unpaired) electrons. The Labute approximate surface area is 113 Å². The predicted octanol–water partition coefficient (Wildman–Crippen LogP) is 4.16. The van der Waals surface area contributed by atoms with Gasteiger partial charge in [0.15, 0.2) is 0 Å². The van der Waals surface area contributed by atoms with Gasteiger partial charge < -0.3 is 0 Å². The van der Waals surface area contributed by atoms with Crippen LogP contribution in [0.5, 0.6) is 0 Å². The second kappa shape index (κ2) is 3.87. The number of allylic oxidation sites excluding steroid dienone is 2. The zero-order chi connectivity index (χ0) is 11.3. The number of isothiocyanates is 1. The van der Waals surface area contributed by atoms with E-state index in [9.17, 15) is 0 Å². The maximum absolute atomic E-state index is 6.45. The fraction of sp³-hybridized carbons (Fsp3) is 0.667. The Kier molecular flexibility index (Phi) is 3.14. The van der Waals surface area contributed by atoms with Crippen LogP contribution >= 0.6 is 58.6 Å². The molecule has 0 aromatic heterocycles. The Morgan fingerprint density at radius 1 is 1.40 bits per heavy atom. The Morgan fingerprint density at radius 2 is 2.07 bits per heavy atom. The SMILES string of the molecule is S=C=NC[C@@H]1C[C@]2(Cl)C[C@]1(Cl)C(Cl)=C2Cl. The minimum absolute atomic E-state index is 0.0853. The normalized spacial score (nSPS) is 43.3. The summed E-state index contributed by atoms with van der Waals surface area (Å²) >= 11 is 29.5. The molecule has 0 unspecified atom stereocenters. The summed E-state index contributed by atoms with van der Waals surface area (Å²) in [5, 5.41) is 3.28. The van der Waals surface area contributed by atoms with Gasteiger partial charge in [0, 0.05) is 5.92 Å². The third kappa shape index (κ3) is 1.67. The molecular formula is C9H7Cl4NS. The molecule has 3 atom stereocenters. The lowest BCUT2D eigenvalue weighted by atomic mass is 9.92. The molecule has 6 heteroatoms. The Balaban J connectivity index is 2.34. The molecule has 0 spiro atoms. The fourth-order valence-electron chi connectivity index (χ4n) is 2.34. The molecule has 1 saturated carbocycles. The van der Waals surface area contributed by atoms with E-state index in [-0.39, 0.29) is 5.92 Å². The molecule has 2 bridgehead atoms. The van der Waals surface area contributed by atoms with Crippen LogP contribution in [0.1, 0.15) is 12.8 Å². The second-order valence-corrected chi connectivity index (χ2v) is 6.30. The van der Waals surface area contributed by atoms with Crippen LogP contribution in [0.4, 0.5) is 0 Å². The van der Waals surface area contributed by atoms with Gasteiger partial charge in [-0.25, -0.2) is 4.99 Å². The molecule has 2 aliphatic carbocycles. The number of fused-ring (bicyclic) bond motifs is 2. The molecule has 0 heterocycles. The molecule has 0 aromatic rings. The van der Waals surface area contributed by atoms with Crippen LogP contribution in [0.2, 0.25) is 0 Å². The lowest BCUT2D eigenvalue weighted by molar-refractivity contribution is 0.481. The number of aliphatic imine (C=N–C) groups is 1. The summed E-state index contributed by atoms with van der Waals surface area (Å²) in [6.45, 7) is 0.502. The van der Waals surface area contributed by atoms with Gasteiger partial charge in [-0.05, 0) is 25.1 Å². The van der Waals surface area contributed by atoms with Gasteiger partial charge >= 0.3 is 0 Å². The number of hydrogen-bond donors (Lipinski definition) is 0. The van der Waals surface area contributed by atoms with Crippen molar-refractivity contribution in [2.45, 2.75) is 22.6 Å². The summed E-state index contributed by atoms with van der Waals surface area (Å²) in [5.74, 6) is 0.0853. The minimum atomic E-state index is -0.657. The summed E-state index contributed by atoms with van der Waals surface area (Å²) in [4.78, 5) is 2.65. The molecule has 0 aliphatic heterocycles. The third-order valence-electron chi connectivity index (χ3n) is 3.08. The first kappa shape index (κ1) is 12.2. The van der Waals surface area contributed by atoms with E-state index in [1.807, 2.05) is 0 Å². The maximum Gasteiger partial charge on any atom is 0.0880 e. The lowest BCUT2D eigenvalue weighted by Gasteiger charge is -2.28. The first-order valence-corrected chi connectivity index (χ1v) is 6.34. The predicted molar refractivity (Wildman–Crippen MR) is 68.5 cm³/mol. The van der Waals surface area contributed by atoms with Crippen molar-refractivity contribution >= 4 is 63.8 Å². The van der Waals surface area contributed by atoms with Crippen LogP contribution in [-0.4, -0.2) is 21.5 Å². The van der Waals surface area contributed by atoms with Crippen molar-refractivity contribution < 1.29 is 0 Å². The highest BCUT2D eigenvalue weighted by Gasteiger charge is 2.62. The average Bonchev–Trinajstić information content (AvgIpc) is 2.54. The molecule has 0 N–H and O–H groups in total. The first-order chi connectivity index (χ1) is 6.94. The molecule has 2 aliphatic rings. The minimum Gasteiger partial charge on any atom is -0.232 e. The lowest BCUT2D eigenvalue weighted by Crippen LogP contribution is -2.29. The molecular weight excluding hydrogens is 296 g/mol. The van der Waals surface area contributed by atoms with Gasteiger partial charge in [-0.15, -0.1) is 23.2 Å². The van der Waals surface area contributed by atoms with Crippen molar-refractivity contribution in [3.05, 3.63) is 10.1 Å². The van der Waals surface area contributed by atoms with E-state index in [0.29, 0.717) is 29.5 Å². The highest BCUT2D eigenvalue weighted by molar-refractivity contribution is 7.78. The largest absolute Gasteiger partial charge is 0.232 e. The fourth-order valence-corrected chi connectivity index (χ4v) is 4.25. The molecule has 82 valence electrons. The van der Waals surface area contributed by atoms with Crippen LogP contribution in [0.3, 0.4) is 0 Å². The standard InChI is InChI=1S/C9H7Cl4NS/c10-6-7(11)9(13)3-8(6,12)1-5(9)2-14-4-15/h5H,1-3H2/t5-,8-,9+/m0/s1. The van der Waals surface area contributed by atoms with Gasteiger partial charge in [0.05, 0.1) is 31.5 Å². The van der Waals surface area contributed by atoms with Gasteiger partial charge in [-0.3, -0.25) is 0 Å². The van der Waals surface area contributed by atoms with E-state index in [1.165, 1.54) is 0 Å². The number of rotatable bonds is 2. The summed E-state index contributed by atoms with van der Waals surface area (Å²) in [6.07, 6.45) is 1.26. The van der Waals surface area contributed by atoms with Crippen molar-refractivity contribution in [2.75, 3.05) is 6.54 Å². The molecule has 1 nitrogen and oxygen atoms in total. The van der Waals surface area contributed by atoms with Crippen LogP contribution in [0.15, 0.2) is 15.1 Å². The number of hydrogen-bond acceptors (Lipinski definition) is 2. The van der Waals surface area contributed by atoms with Gasteiger partial charge in [-0.2, -0.15) is 0 Å². The van der Waals surface area contributed by atoms with Crippen LogP contribution < -0.4 is 0 Å². The zero-order valence-electron chi connectivity index (χ0n) is 7.57. The van der Waals surface area contributed by atoms with Gasteiger partial charge in [0.1, 0.15) is 0 Å². The van der Waals surface area contributed by atoms with Gasteiger partial charge in [-0.1, -0.05) is 23.2 Å². The third-order valence-corrected chi connectivity index (χ3v) is 5.69. The summed E-state index contributed by atoms with van der Waals surface area (Å²) in [7, 11) is 0. The van der Waals surface area contributed by atoms with E-state index in [0.717, 1.165) is 0 Å².